The Kier molecular flexibility index (Phi) is 7.66. The van der Waals surface area contributed by atoms with Crippen molar-refractivity contribution in [1.29, 1.82) is 0 Å². The van der Waals surface area contributed by atoms with Crippen molar-refractivity contribution in [2.45, 2.75) is 39.5 Å². The molecule has 2 N–H and O–H groups in total. The summed E-state index contributed by atoms with van der Waals surface area (Å²) in [6, 6.07) is -0.716. The molecule has 1 saturated heterocycles. The number of carbonyl (C=O) groups excluding carboxylic acids is 3. The number of carbonyl (C=O) groups is 3. The minimum Gasteiger partial charge on any atom is -0.277 e. The molecule has 1 fully saturated rings. The maximum atomic E-state index is 11.5. The predicted octanol–water partition coefficient (Wildman–Crippen LogP) is -1.81. The van der Waals surface area contributed by atoms with Crippen molar-refractivity contribution >= 4 is 17.8 Å². The fraction of sp³-hybridized carbons (Fsp3) is 0.727. The summed E-state index contributed by atoms with van der Waals surface area (Å²) in [5.41, 5.74) is 0. The zero-order valence-electron chi connectivity index (χ0n) is 10.7. The van der Waals surface area contributed by atoms with Crippen LogP contribution < -0.4 is 40.2 Å². The van der Waals surface area contributed by atoms with Gasteiger partial charge in [0.2, 0.25) is 11.8 Å². The predicted molar refractivity (Wildman–Crippen MR) is 58.5 cm³/mol. The van der Waals surface area contributed by atoms with E-state index in [1.807, 2.05) is 6.92 Å². The quantitative estimate of drug-likeness (QED) is 0.342. The van der Waals surface area contributed by atoms with E-state index in [1.165, 1.54) is 0 Å². The van der Waals surface area contributed by atoms with Crippen LogP contribution in [0.4, 0.5) is 4.79 Å². The Morgan fingerprint density at radius 3 is 2.12 bits per heavy atom. The van der Waals surface area contributed by atoms with E-state index in [4.69, 9.17) is 0 Å². The van der Waals surface area contributed by atoms with Crippen LogP contribution in [-0.2, 0) is 9.59 Å². The Bertz CT molecular complexity index is 287. The van der Waals surface area contributed by atoms with E-state index in [1.54, 1.807) is 0 Å². The van der Waals surface area contributed by atoms with Crippen molar-refractivity contribution in [3.05, 3.63) is 0 Å². The van der Waals surface area contributed by atoms with Gasteiger partial charge in [-0.2, -0.15) is 0 Å². The van der Waals surface area contributed by atoms with Crippen LogP contribution in [0.15, 0.2) is 0 Å². The molecule has 0 aromatic rings. The summed E-state index contributed by atoms with van der Waals surface area (Å²) in [4.78, 5) is 33.8. The second kappa shape index (κ2) is 7.84. The van der Waals surface area contributed by atoms with E-state index in [0.717, 1.165) is 25.7 Å². The molecule has 0 aliphatic carbocycles. The Balaban J connectivity index is 0.00000256. The van der Waals surface area contributed by atoms with Crippen LogP contribution >= 0.6 is 0 Å². The topological polar surface area (TPSA) is 75.3 Å². The summed E-state index contributed by atoms with van der Waals surface area (Å²) in [5.74, 6) is -1.70. The van der Waals surface area contributed by atoms with E-state index in [2.05, 4.69) is 17.6 Å². The minimum absolute atomic E-state index is 0. The van der Waals surface area contributed by atoms with Gasteiger partial charge in [-0.05, 0) is 12.3 Å². The maximum absolute atomic E-state index is 11.5. The number of rotatable bonds is 5. The van der Waals surface area contributed by atoms with Crippen LogP contribution in [0.2, 0.25) is 0 Å². The molecule has 4 amide bonds. The Morgan fingerprint density at radius 1 is 1.12 bits per heavy atom. The van der Waals surface area contributed by atoms with Crippen LogP contribution in [0, 0.1) is 11.8 Å². The van der Waals surface area contributed by atoms with Gasteiger partial charge in [0.1, 0.15) is 5.92 Å². The van der Waals surface area contributed by atoms with E-state index < -0.39 is 23.8 Å². The molecule has 0 bridgehead atoms. The fourth-order valence-electron chi connectivity index (χ4n) is 1.93. The standard InChI is InChI=1S/C11H18N2O3.Na/c1-3-4-5-6-7(2)8-9(14)12-11(16)13-10(8)15;/h7-8H,3-6H2,1-2H3,(H2,12,13,14,15,16);/q;+1. The molecule has 90 valence electrons. The molecule has 0 aromatic carbocycles. The number of hydrogen-bond donors (Lipinski definition) is 2. The minimum atomic E-state index is -0.727. The number of hydrogen-bond acceptors (Lipinski definition) is 3. The fourth-order valence-corrected chi connectivity index (χ4v) is 1.93. The second-order valence-corrected chi connectivity index (χ2v) is 4.26. The molecule has 0 saturated carbocycles. The molecule has 6 heteroatoms. The Labute approximate surface area is 123 Å². The first kappa shape index (κ1) is 16.6. The summed E-state index contributed by atoms with van der Waals surface area (Å²) in [7, 11) is 0. The summed E-state index contributed by atoms with van der Waals surface area (Å²) < 4.78 is 0. The Morgan fingerprint density at radius 2 is 1.65 bits per heavy atom. The molecule has 1 unspecified atom stereocenters. The van der Waals surface area contributed by atoms with Crippen molar-refractivity contribution in [3.8, 4) is 0 Å². The van der Waals surface area contributed by atoms with Gasteiger partial charge in [-0.1, -0.05) is 33.1 Å². The third kappa shape index (κ3) is 4.77. The van der Waals surface area contributed by atoms with Gasteiger partial charge >= 0.3 is 35.6 Å². The molecule has 5 nitrogen and oxygen atoms in total. The number of barbiturate groups is 1. The summed E-state index contributed by atoms with van der Waals surface area (Å²) >= 11 is 0. The molecule has 0 spiro atoms. The zero-order valence-corrected chi connectivity index (χ0v) is 12.7. The number of amides is 4. The first-order valence-corrected chi connectivity index (χ1v) is 5.72. The van der Waals surface area contributed by atoms with Gasteiger partial charge in [-0.15, -0.1) is 0 Å². The van der Waals surface area contributed by atoms with Crippen molar-refractivity contribution in [2.24, 2.45) is 11.8 Å². The zero-order chi connectivity index (χ0) is 12.1. The first-order valence-electron chi connectivity index (χ1n) is 5.72. The molecular formula is C11H18N2NaO3+. The third-order valence-corrected chi connectivity index (χ3v) is 2.87. The summed E-state index contributed by atoms with van der Waals surface area (Å²) in [6.07, 6.45) is 4.03. The monoisotopic (exact) mass is 249 g/mol. The third-order valence-electron chi connectivity index (χ3n) is 2.87. The average Bonchev–Trinajstić information content (AvgIpc) is 2.16. The summed E-state index contributed by atoms with van der Waals surface area (Å²) in [5, 5.41) is 4.24. The van der Waals surface area contributed by atoms with Crippen LogP contribution in [0.3, 0.4) is 0 Å². The smallest absolute Gasteiger partial charge is 0.277 e. The van der Waals surface area contributed by atoms with Crippen molar-refractivity contribution in [2.75, 3.05) is 0 Å². The van der Waals surface area contributed by atoms with Gasteiger partial charge in [-0.25, -0.2) is 4.79 Å². The van der Waals surface area contributed by atoms with E-state index in [-0.39, 0.29) is 35.5 Å². The molecule has 1 aliphatic rings. The van der Waals surface area contributed by atoms with Crippen molar-refractivity contribution < 1.29 is 43.9 Å². The number of unbranched alkanes of at least 4 members (excludes halogenated alkanes) is 2. The molecule has 1 atom stereocenters. The average molecular weight is 249 g/mol. The normalized spacial score (nSPS) is 18.1. The van der Waals surface area contributed by atoms with Crippen LogP contribution in [-0.4, -0.2) is 17.8 Å². The summed E-state index contributed by atoms with van der Waals surface area (Å²) in [6.45, 7) is 3.97. The van der Waals surface area contributed by atoms with Crippen molar-refractivity contribution in [1.82, 2.24) is 10.6 Å². The van der Waals surface area contributed by atoms with Gasteiger partial charge < -0.3 is 0 Å². The van der Waals surface area contributed by atoms with Crippen molar-refractivity contribution in [3.63, 3.8) is 0 Å². The van der Waals surface area contributed by atoms with Gasteiger partial charge in [0.05, 0.1) is 0 Å². The molecule has 0 radical (unpaired) electrons. The number of nitrogens with one attached hydrogen (secondary N) is 2. The van der Waals surface area contributed by atoms with Crippen LogP contribution in [0.1, 0.15) is 39.5 Å². The van der Waals surface area contributed by atoms with E-state index >= 15 is 0 Å². The van der Waals surface area contributed by atoms with Gasteiger partial charge in [0, 0.05) is 0 Å². The van der Waals surface area contributed by atoms with E-state index in [0.29, 0.717) is 0 Å². The van der Waals surface area contributed by atoms with E-state index in [9.17, 15) is 14.4 Å². The molecule has 1 heterocycles. The number of imide groups is 2. The van der Waals surface area contributed by atoms with Gasteiger partial charge in [-0.3, -0.25) is 20.2 Å². The SMILES string of the molecule is CCCCCC(C)C1C(=O)NC(=O)NC1=O.[Na+]. The first-order chi connectivity index (χ1) is 7.56. The van der Waals surface area contributed by atoms with Gasteiger partial charge in [0.15, 0.2) is 0 Å². The van der Waals surface area contributed by atoms with Crippen LogP contribution in [0.5, 0.6) is 0 Å². The molecule has 1 rings (SSSR count). The number of urea groups is 1. The molecule has 17 heavy (non-hydrogen) atoms. The van der Waals surface area contributed by atoms with Crippen LogP contribution in [0.25, 0.3) is 0 Å². The maximum Gasteiger partial charge on any atom is 1.00 e. The molecule has 1 aliphatic heterocycles. The van der Waals surface area contributed by atoms with Gasteiger partial charge in [0.25, 0.3) is 0 Å². The largest absolute Gasteiger partial charge is 1.00 e. The Hall–Kier alpha value is -0.390. The second-order valence-electron chi connectivity index (χ2n) is 4.26. The molecular weight excluding hydrogens is 231 g/mol. The molecule has 0 aromatic heterocycles.